The van der Waals surface area contributed by atoms with Crippen LogP contribution in [0.15, 0.2) is 53.7 Å². The molecule has 0 aromatic heterocycles. The number of hydrogen-bond donors (Lipinski definition) is 2. The molecule has 1 fully saturated rings. The van der Waals surface area contributed by atoms with Gasteiger partial charge in [0, 0.05) is 23.5 Å². The summed E-state index contributed by atoms with van der Waals surface area (Å²) in [5.74, 6) is -3.17. The summed E-state index contributed by atoms with van der Waals surface area (Å²) in [6.45, 7) is 1.69. The van der Waals surface area contributed by atoms with E-state index in [0.29, 0.717) is 16.8 Å². The average molecular weight is 441 g/mol. The van der Waals surface area contributed by atoms with Crippen LogP contribution in [-0.4, -0.2) is 36.0 Å². The van der Waals surface area contributed by atoms with Gasteiger partial charge in [0.05, 0.1) is 24.3 Å². The van der Waals surface area contributed by atoms with Gasteiger partial charge >= 0.3 is 12.0 Å². The van der Waals surface area contributed by atoms with Gasteiger partial charge in [-0.05, 0) is 49.6 Å². The lowest BCUT2D eigenvalue weighted by Crippen LogP contribution is -2.49. The summed E-state index contributed by atoms with van der Waals surface area (Å²) in [6, 6.07) is 8.31. The van der Waals surface area contributed by atoms with Crippen molar-refractivity contribution < 1.29 is 27.9 Å². The lowest BCUT2D eigenvalue weighted by molar-refractivity contribution is -0.113. The van der Waals surface area contributed by atoms with E-state index in [4.69, 9.17) is 4.74 Å². The number of esters is 1. The molecule has 0 spiro atoms. The number of anilines is 1. The SMILES string of the molecule is COC(=O)c1ccc([C@@H]2NC(=O)N(C3CC3)C(C)=C2C(=O)Nc2ccc(F)c(F)c2)cc1. The molecule has 3 amide bonds. The topological polar surface area (TPSA) is 87.7 Å². The number of hydrogen-bond acceptors (Lipinski definition) is 4. The van der Waals surface area contributed by atoms with Crippen molar-refractivity contribution in [1.29, 1.82) is 0 Å². The summed E-state index contributed by atoms with van der Waals surface area (Å²) in [7, 11) is 1.27. The number of benzene rings is 2. The van der Waals surface area contributed by atoms with Gasteiger partial charge in [0.1, 0.15) is 0 Å². The van der Waals surface area contributed by atoms with Crippen LogP contribution in [0.25, 0.3) is 0 Å². The van der Waals surface area contributed by atoms with Crippen LogP contribution in [0.3, 0.4) is 0 Å². The molecule has 1 aliphatic carbocycles. The van der Waals surface area contributed by atoms with Gasteiger partial charge in [-0.1, -0.05) is 12.1 Å². The second-order valence-electron chi connectivity index (χ2n) is 7.68. The Morgan fingerprint density at radius 1 is 1.09 bits per heavy atom. The monoisotopic (exact) mass is 441 g/mol. The van der Waals surface area contributed by atoms with Crippen LogP contribution in [-0.2, 0) is 9.53 Å². The Kier molecular flexibility index (Phi) is 5.65. The predicted octanol–water partition coefficient (Wildman–Crippen LogP) is 3.89. The van der Waals surface area contributed by atoms with Crippen molar-refractivity contribution in [2.75, 3.05) is 12.4 Å². The van der Waals surface area contributed by atoms with Gasteiger partial charge in [-0.25, -0.2) is 18.4 Å². The first-order valence-corrected chi connectivity index (χ1v) is 10.1. The molecule has 0 unspecified atom stereocenters. The molecule has 0 bridgehead atoms. The fourth-order valence-corrected chi connectivity index (χ4v) is 3.78. The van der Waals surface area contributed by atoms with E-state index < -0.39 is 29.6 Å². The maximum absolute atomic E-state index is 13.6. The number of ether oxygens (including phenoxy) is 1. The number of carbonyl (C=O) groups excluding carboxylic acids is 3. The van der Waals surface area contributed by atoms with Gasteiger partial charge < -0.3 is 15.4 Å². The molecule has 2 aromatic carbocycles. The van der Waals surface area contributed by atoms with Crippen molar-refractivity contribution in [3.63, 3.8) is 0 Å². The highest BCUT2D eigenvalue weighted by Gasteiger charge is 2.42. The molecule has 2 aromatic rings. The van der Waals surface area contributed by atoms with Crippen LogP contribution in [0.5, 0.6) is 0 Å². The van der Waals surface area contributed by atoms with E-state index in [9.17, 15) is 23.2 Å². The molecule has 2 aliphatic rings. The van der Waals surface area contributed by atoms with Crippen LogP contribution in [0.1, 0.15) is 41.7 Å². The van der Waals surface area contributed by atoms with E-state index in [-0.39, 0.29) is 23.3 Å². The van der Waals surface area contributed by atoms with Crippen molar-refractivity contribution >= 4 is 23.6 Å². The average Bonchev–Trinajstić information content (AvgIpc) is 3.60. The quantitative estimate of drug-likeness (QED) is 0.689. The molecule has 1 heterocycles. The number of nitrogens with one attached hydrogen (secondary N) is 2. The number of halogens is 2. The van der Waals surface area contributed by atoms with Crippen molar-refractivity contribution in [2.45, 2.75) is 31.8 Å². The van der Waals surface area contributed by atoms with Crippen LogP contribution in [0.4, 0.5) is 19.3 Å². The third-order valence-corrected chi connectivity index (χ3v) is 5.53. The molecule has 0 radical (unpaired) electrons. The zero-order chi connectivity index (χ0) is 23.0. The zero-order valence-corrected chi connectivity index (χ0v) is 17.4. The number of urea groups is 1. The molecule has 7 nitrogen and oxygen atoms in total. The molecule has 166 valence electrons. The molecule has 2 N–H and O–H groups in total. The molecular weight excluding hydrogens is 420 g/mol. The highest BCUT2D eigenvalue weighted by Crippen LogP contribution is 2.38. The Hall–Kier alpha value is -3.75. The van der Waals surface area contributed by atoms with Crippen LogP contribution < -0.4 is 10.6 Å². The number of rotatable bonds is 5. The Balaban J connectivity index is 1.71. The third kappa shape index (κ3) is 4.05. The number of methoxy groups -OCH3 is 1. The van der Waals surface area contributed by atoms with Crippen LogP contribution >= 0.6 is 0 Å². The third-order valence-electron chi connectivity index (χ3n) is 5.53. The summed E-state index contributed by atoms with van der Waals surface area (Å²) in [5.41, 5.74) is 1.75. The van der Waals surface area contributed by atoms with Crippen molar-refractivity contribution in [3.8, 4) is 0 Å². The standard InChI is InChI=1S/C23H21F2N3O4/c1-12-19(21(29)26-15-7-10-17(24)18(25)11-15)20(27-23(31)28(12)16-8-9-16)13-3-5-14(6-4-13)22(30)32-2/h3-7,10-11,16,20H,8-9H2,1-2H3,(H,26,29)(H,27,31)/t20-/m0/s1. The lowest BCUT2D eigenvalue weighted by Gasteiger charge is -2.36. The Bertz CT molecular complexity index is 1130. The predicted molar refractivity (Wildman–Crippen MR) is 112 cm³/mol. The van der Waals surface area contributed by atoms with Gasteiger partial charge in [-0.3, -0.25) is 9.69 Å². The zero-order valence-electron chi connectivity index (χ0n) is 17.4. The minimum Gasteiger partial charge on any atom is -0.465 e. The number of nitrogens with zero attached hydrogens (tertiary/aromatic N) is 1. The minimum absolute atomic E-state index is 0.0173. The van der Waals surface area contributed by atoms with E-state index in [1.54, 1.807) is 36.1 Å². The Morgan fingerprint density at radius 3 is 2.38 bits per heavy atom. The summed E-state index contributed by atoms with van der Waals surface area (Å²) in [5, 5.41) is 5.44. The molecule has 9 heteroatoms. The first-order valence-electron chi connectivity index (χ1n) is 10.1. The summed E-state index contributed by atoms with van der Waals surface area (Å²) < 4.78 is 31.6. The van der Waals surface area contributed by atoms with Gasteiger partial charge in [-0.2, -0.15) is 0 Å². The molecule has 32 heavy (non-hydrogen) atoms. The lowest BCUT2D eigenvalue weighted by atomic mass is 9.93. The van der Waals surface area contributed by atoms with Crippen molar-refractivity contribution in [2.24, 2.45) is 0 Å². The van der Waals surface area contributed by atoms with Crippen LogP contribution in [0.2, 0.25) is 0 Å². The van der Waals surface area contributed by atoms with Gasteiger partial charge in [-0.15, -0.1) is 0 Å². The fourth-order valence-electron chi connectivity index (χ4n) is 3.78. The first kappa shape index (κ1) is 21.5. The fraction of sp³-hybridized carbons (Fsp3) is 0.261. The van der Waals surface area contributed by atoms with Crippen molar-refractivity contribution in [3.05, 3.63) is 76.5 Å². The van der Waals surface area contributed by atoms with E-state index in [2.05, 4.69) is 10.6 Å². The maximum Gasteiger partial charge on any atom is 0.337 e. The molecule has 4 rings (SSSR count). The van der Waals surface area contributed by atoms with Gasteiger partial charge in [0.2, 0.25) is 0 Å². The number of carbonyl (C=O) groups is 3. The Labute approximate surface area is 183 Å². The summed E-state index contributed by atoms with van der Waals surface area (Å²) in [6.07, 6.45) is 1.67. The molecule has 1 atom stereocenters. The maximum atomic E-state index is 13.6. The number of amides is 3. The first-order chi connectivity index (χ1) is 15.3. The van der Waals surface area contributed by atoms with E-state index in [1.165, 1.54) is 13.2 Å². The van der Waals surface area contributed by atoms with Crippen molar-refractivity contribution in [1.82, 2.24) is 10.2 Å². The molecule has 0 saturated heterocycles. The molecule has 1 saturated carbocycles. The summed E-state index contributed by atoms with van der Waals surface area (Å²) >= 11 is 0. The normalized spacial score (nSPS) is 18.3. The molecular formula is C23H21F2N3O4. The van der Waals surface area contributed by atoms with E-state index in [0.717, 1.165) is 25.0 Å². The minimum atomic E-state index is -1.08. The Morgan fingerprint density at radius 2 is 1.78 bits per heavy atom. The highest BCUT2D eigenvalue weighted by atomic mass is 19.2. The summed E-state index contributed by atoms with van der Waals surface area (Å²) in [4.78, 5) is 39.3. The second kappa shape index (κ2) is 8.41. The molecule has 1 aliphatic heterocycles. The smallest absolute Gasteiger partial charge is 0.337 e. The number of allylic oxidation sites excluding steroid dienone is 1. The van der Waals surface area contributed by atoms with Crippen LogP contribution in [0, 0.1) is 11.6 Å². The highest BCUT2D eigenvalue weighted by molar-refractivity contribution is 6.06. The van der Waals surface area contributed by atoms with E-state index >= 15 is 0 Å². The van der Waals surface area contributed by atoms with Gasteiger partial charge in [0.25, 0.3) is 5.91 Å². The second-order valence-corrected chi connectivity index (χ2v) is 7.68. The van der Waals surface area contributed by atoms with Gasteiger partial charge in [0.15, 0.2) is 11.6 Å². The largest absolute Gasteiger partial charge is 0.465 e. The van der Waals surface area contributed by atoms with E-state index in [1.807, 2.05) is 0 Å².